The molecule has 0 spiro atoms. The minimum absolute atomic E-state index is 0.169. The zero-order valence-electron chi connectivity index (χ0n) is 11.4. The second kappa shape index (κ2) is 7.29. The maximum atomic E-state index is 12.2. The van der Waals surface area contributed by atoms with Crippen LogP contribution in [0.4, 0.5) is 5.69 Å². The molecule has 2 aromatic rings. The summed E-state index contributed by atoms with van der Waals surface area (Å²) >= 11 is 8.11. The molecule has 0 aliphatic rings. The topological polar surface area (TPSA) is 47.6 Å². The minimum atomic E-state index is -0.169. The van der Waals surface area contributed by atoms with Gasteiger partial charge in [-0.15, -0.1) is 11.3 Å². The van der Waals surface area contributed by atoms with Gasteiger partial charge in [0.1, 0.15) is 0 Å². The van der Waals surface area contributed by atoms with Gasteiger partial charge in [0.15, 0.2) is 11.5 Å². The van der Waals surface area contributed by atoms with E-state index in [-0.39, 0.29) is 5.91 Å². The number of ether oxygens (including phenoxy) is 2. The van der Waals surface area contributed by atoms with Gasteiger partial charge in [-0.2, -0.15) is 0 Å². The van der Waals surface area contributed by atoms with E-state index in [2.05, 4.69) is 37.2 Å². The van der Waals surface area contributed by atoms with Crippen molar-refractivity contribution in [3.63, 3.8) is 0 Å². The quantitative estimate of drug-likeness (QED) is 0.725. The Kier molecular flexibility index (Phi) is 5.66. The van der Waals surface area contributed by atoms with Crippen LogP contribution in [0.15, 0.2) is 32.5 Å². The van der Waals surface area contributed by atoms with Crippen LogP contribution in [0.1, 0.15) is 16.6 Å². The van der Waals surface area contributed by atoms with Crippen LogP contribution in [0.3, 0.4) is 0 Å². The molecule has 4 nitrogen and oxygen atoms in total. The first-order valence-corrected chi connectivity index (χ1v) is 8.52. The van der Waals surface area contributed by atoms with Gasteiger partial charge in [-0.1, -0.05) is 0 Å². The Morgan fingerprint density at radius 3 is 2.62 bits per heavy atom. The number of carbonyl (C=O) groups is 1. The van der Waals surface area contributed by atoms with Gasteiger partial charge in [-0.25, -0.2) is 0 Å². The lowest BCUT2D eigenvalue weighted by atomic mass is 10.2. The summed E-state index contributed by atoms with van der Waals surface area (Å²) in [6.45, 7) is 2.46. The average molecular weight is 435 g/mol. The Bertz CT molecular complexity index is 638. The summed E-state index contributed by atoms with van der Waals surface area (Å²) in [7, 11) is 1.57. The molecule has 1 N–H and O–H groups in total. The highest BCUT2D eigenvalue weighted by molar-refractivity contribution is 9.13. The third-order valence-corrected chi connectivity index (χ3v) is 5.85. The molecular weight excluding hydrogens is 422 g/mol. The number of rotatable bonds is 5. The lowest BCUT2D eigenvalue weighted by Gasteiger charge is -2.11. The molecule has 112 valence electrons. The van der Waals surface area contributed by atoms with Crippen LogP contribution in [-0.4, -0.2) is 19.6 Å². The number of thiophene rings is 1. The van der Waals surface area contributed by atoms with Crippen LogP contribution in [-0.2, 0) is 0 Å². The molecule has 21 heavy (non-hydrogen) atoms. The maximum Gasteiger partial charge on any atom is 0.265 e. The molecule has 1 aromatic carbocycles. The Morgan fingerprint density at radius 1 is 1.29 bits per heavy atom. The molecule has 1 aromatic heterocycles. The number of methoxy groups -OCH3 is 1. The molecule has 0 saturated carbocycles. The monoisotopic (exact) mass is 433 g/mol. The first-order chi connectivity index (χ1) is 10.0. The van der Waals surface area contributed by atoms with Crippen LogP contribution >= 0.6 is 43.2 Å². The largest absolute Gasteiger partial charge is 0.493 e. The molecular formula is C14H13Br2NO3S. The summed E-state index contributed by atoms with van der Waals surface area (Å²) in [6.07, 6.45) is 0. The normalized spacial score (nSPS) is 10.3. The molecule has 0 aliphatic heterocycles. The van der Waals surface area contributed by atoms with E-state index in [0.717, 1.165) is 8.26 Å². The van der Waals surface area contributed by atoms with E-state index < -0.39 is 0 Å². The van der Waals surface area contributed by atoms with E-state index in [4.69, 9.17) is 9.47 Å². The van der Waals surface area contributed by atoms with Crippen molar-refractivity contribution in [2.24, 2.45) is 0 Å². The summed E-state index contributed by atoms with van der Waals surface area (Å²) < 4.78 is 12.5. The number of hydrogen-bond donors (Lipinski definition) is 1. The lowest BCUT2D eigenvalue weighted by molar-refractivity contribution is 0.103. The number of nitrogens with one attached hydrogen (secondary N) is 1. The summed E-state index contributed by atoms with van der Waals surface area (Å²) in [4.78, 5) is 12.8. The van der Waals surface area contributed by atoms with Gasteiger partial charge in [0, 0.05) is 16.2 Å². The fourth-order valence-electron chi connectivity index (χ4n) is 1.67. The highest BCUT2D eigenvalue weighted by Crippen LogP contribution is 2.34. The van der Waals surface area contributed by atoms with E-state index in [1.807, 2.05) is 6.92 Å². The van der Waals surface area contributed by atoms with E-state index in [9.17, 15) is 4.79 Å². The predicted molar refractivity (Wildman–Crippen MR) is 91.8 cm³/mol. The lowest BCUT2D eigenvalue weighted by Crippen LogP contribution is -2.10. The number of halogens is 2. The molecule has 1 heterocycles. The Morgan fingerprint density at radius 2 is 2.05 bits per heavy atom. The average Bonchev–Trinajstić information content (AvgIpc) is 2.80. The van der Waals surface area contributed by atoms with Gasteiger partial charge in [0.25, 0.3) is 5.91 Å². The molecule has 0 saturated heterocycles. The van der Waals surface area contributed by atoms with Gasteiger partial charge in [-0.05, 0) is 57.0 Å². The molecule has 7 heteroatoms. The fourth-order valence-corrected chi connectivity index (χ4v) is 3.60. The Labute approximate surface area is 143 Å². The van der Waals surface area contributed by atoms with Crippen LogP contribution < -0.4 is 14.8 Å². The summed E-state index contributed by atoms with van der Waals surface area (Å²) in [5.74, 6) is 1.07. The fraction of sp³-hybridized carbons (Fsp3) is 0.214. The number of anilines is 1. The molecule has 2 rings (SSSR count). The number of carbonyl (C=O) groups excluding carboxylic acids is 1. The van der Waals surface area contributed by atoms with Crippen molar-refractivity contribution in [3.05, 3.63) is 37.4 Å². The van der Waals surface area contributed by atoms with E-state index in [1.54, 1.807) is 31.4 Å². The molecule has 0 fully saturated rings. The van der Waals surface area contributed by atoms with Gasteiger partial charge in [-0.3, -0.25) is 4.79 Å². The van der Waals surface area contributed by atoms with Gasteiger partial charge in [0.2, 0.25) is 0 Å². The molecule has 0 unspecified atom stereocenters. The van der Waals surface area contributed by atoms with Gasteiger partial charge >= 0.3 is 0 Å². The van der Waals surface area contributed by atoms with Crippen LogP contribution in [0, 0.1) is 0 Å². The highest BCUT2D eigenvalue weighted by atomic mass is 79.9. The van der Waals surface area contributed by atoms with E-state index >= 15 is 0 Å². The highest BCUT2D eigenvalue weighted by Gasteiger charge is 2.13. The molecule has 0 radical (unpaired) electrons. The van der Waals surface area contributed by atoms with Crippen molar-refractivity contribution in [2.45, 2.75) is 6.92 Å². The van der Waals surface area contributed by atoms with Crippen LogP contribution in [0.2, 0.25) is 0 Å². The Balaban J connectivity index is 2.17. The summed E-state index contributed by atoms with van der Waals surface area (Å²) in [6, 6.07) is 7.07. The number of hydrogen-bond acceptors (Lipinski definition) is 4. The van der Waals surface area contributed by atoms with Crippen molar-refractivity contribution in [1.29, 1.82) is 0 Å². The van der Waals surface area contributed by atoms with Crippen molar-refractivity contribution < 1.29 is 14.3 Å². The van der Waals surface area contributed by atoms with Crippen molar-refractivity contribution in [2.75, 3.05) is 19.0 Å². The molecule has 1 amide bonds. The first-order valence-electron chi connectivity index (χ1n) is 6.12. The summed E-state index contributed by atoms with van der Waals surface area (Å²) in [5, 5.41) is 2.84. The standard InChI is InChI=1S/C14H13Br2NO3S/c1-3-20-10-5-4-8(6-11(10)19-2)17-14(18)12-7-9(15)13(16)21-12/h4-7H,3H2,1-2H3,(H,17,18). The zero-order valence-corrected chi connectivity index (χ0v) is 15.4. The minimum Gasteiger partial charge on any atom is -0.493 e. The smallest absolute Gasteiger partial charge is 0.265 e. The van der Waals surface area contributed by atoms with Crippen molar-refractivity contribution >= 4 is 54.8 Å². The first kappa shape index (κ1) is 16.3. The van der Waals surface area contributed by atoms with Gasteiger partial charge in [0.05, 0.1) is 22.4 Å². The van der Waals surface area contributed by atoms with Crippen molar-refractivity contribution in [3.8, 4) is 11.5 Å². The molecule has 0 bridgehead atoms. The molecule has 0 aliphatic carbocycles. The predicted octanol–water partition coefficient (Wildman–Crippen LogP) is 4.93. The van der Waals surface area contributed by atoms with Crippen LogP contribution in [0.5, 0.6) is 11.5 Å². The van der Waals surface area contributed by atoms with Gasteiger partial charge < -0.3 is 14.8 Å². The number of amides is 1. The zero-order chi connectivity index (χ0) is 15.4. The van der Waals surface area contributed by atoms with Crippen molar-refractivity contribution in [1.82, 2.24) is 0 Å². The Hall–Kier alpha value is -1.05. The number of benzene rings is 1. The second-order valence-electron chi connectivity index (χ2n) is 3.99. The SMILES string of the molecule is CCOc1ccc(NC(=O)c2cc(Br)c(Br)s2)cc1OC. The van der Waals surface area contributed by atoms with E-state index in [0.29, 0.717) is 28.7 Å². The molecule has 0 atom stereocenters. The third kappa shape index (κ3) is 3.99. The second-order valence-corrected chi connectivity index (χ2v) is 7.21. The van der Waals surface area contributed by atoms with E-state index in [1.165, 1.54) is 11.3 Å². The third-order valence-electron chi connectivity index (χ3n) is 2.59. The summed E-state index contributed by atoms with van der Waals surface area (Å²) in [5.41, 5.74) is 0.654. The van der Waals surface area contributed by atoms with Crippen LogP contribution in [0.25, 0.3) is 0 Å². The maximum absolute atomic E-state index is 12.2.